The van der Waals surface area contributed by atoms with E-state index in [2.05, 4.69) is 37.3 Å². The Labute approximate surface area is 126 Å². The number of anilines is 1. The molecule has 0 N–H and O–H groups in total. The monoisotopic (exact) mass is 289 g/mol. The van der Waals surface area contributed by atoms with Crippen LogP contribution in [0.5, 0.6) is 0 Å². The quantitative estimate of drug-likeness (QED) is 0.833. The van der Waals surface area contributed by atoms with Crippen LogP contribution >= 0.6 is 11.8 Å². The average Bonchev–Trinajstić information content (AvgIpc) is 2.50. The maximum atomic E-state index is 9.43. The summed E-state index contributed by atoms with van der Waals surface area (Å²) in [5.41, 5.74) is 3.21. The first-order valence-corrected chi connectivity index (χ1v) is 8.75. The maximum absolute atomic E-state index is 9.43. The van der Waals surface area contributed by atoms with Gasteiger partial charge in [-0.1, -0.05) is 6.92 Å². The van der Waals surface area contributed by atoms with E-state index >= 15 is 0 Å². The molecule has 0 spiro atoms. The Morgan fingerprint density at radius 1 is 1.45 bits per heavy atom. The molecule has 3 nitrogen and oxygen atoms in total. The van der Waals surface area contributed by atoms with Crippen molar-refractivity contribution in [3.63, 3.8) is 0 Å². The van der Waals surface area contributed by atoms with Gasteiger partial charge in [-0.15, -0.1) is 0 Å². The molecule has 108 valence electrons. The van der Waals surface area contributed by atoms with Crippen LogP contribution in [0.2, 0.25) is 0 Å². The molecule has 0 aliphatic heterocycles. The Morgan fingerprint density at radius 3 is 2.85 bits per heavy atom. The summed E-state index contributed by atoms with van der Waals surface area (Å²) in [6.07, 6.45) is 7.77. The number of rotatable bonds is 5. The number of fused-ring (bicyclic) bond motifs is 1. The molecule has 0 amide bonds. The normalized spacial score (nSPS) is 15.3. The molecule has 1 aliphatic rings. The molecule has 1 aromatic heterocycles. The van der Waals surface area contributed by atoms with E-state index in [-0.39, 0.29) is 0 Å². The van der Waals surface area contributed by atoms with Crippen LogP contribution in [0, 0.1) is 11.3 Å². The Morgan fingerprint density at radius 2 is 2.20 bits per heavy atom. The average molecular weight is 289 g/mol. The number of hydrogen-bond acceptors (Lipinski definition) is 4. The molecule has 0 bridgehead atoms. The van der Waals surface area contributed by atoms with Gasteiger partial charge in [0.05, 0.1) is 5.56 Å². The molecule has 1 atom stereocenters. The van der Waals surface area contributed by atoms with Crippen molar-refractivity contribution in [2.75, 3.05) is 24.0 Å². The summed E-state index contributed by atoms with van der Waals surface area (Å²) >= 11 is 1.85. The zero-order valence-electron chi connectivity index (χ0n) is 12.6. The second kappa shape index (κ2) is 6.99. The van der Waals surface area contributed by atoms with Gasteiger partial charge in [0.2, 0.25) is 0 Å². The van der Waals surface area contributed by atoms with Crippen molar-refractivity contribution in [1.29, 1.82) is 5.26 Å². The van der Waals surface area contributed by atoms with E-state index in [4.69, 9.17) is 4.98 Å². The standard InChI is InChI=1S/C16H23N3S/c1-4-14(11-20-3)19(2)16-13(10-17)9-12-7-5-6-8-15(12)18-16/h9,14H,4-8,11H2,1-3H3. The number of aromatic nitrogens is 1. The van der Waals surface area contributed by atoms with E-state index in [0.29, 0.717) is 6.04 Å². The summed E-state index contributed by atoms with van der Waals surface area (Å²) < 4.78 is 0. The van der Waals surface area contributed by atoms with Gasteiger partial charge >= 0.3 is 0 Å². The third-order valence-electron chi connectivity index (χ3n) is 4.11. The first-order chi connectivity index (χ1) is 9.71. The van der Waals surface area contributed by atoms with Crippen LogP contribution in [0.4, 0.5) is 5.82 Å². The minimum Gasteiger partial charge on any atom is -0.355 e. The zero-order valence-corrected chi connectivity index (χ0v) is 13.5. The topological polar surface area (TPSA) is 39.9 Å². The minimum atomic E-state index is 0.436. The second-order valence-corrected chi connectivity index (χ2v) is 6.32. The molecule has 20 heavy (non-hydrogen) atoms. The predicted molar refractivity (Wildman–Crippen MR) is 86.5 cm³/mol. The van der Waals surface area contributed by atoms with Gasteiger partial charge in [-0.05, 0) is 50.0 Å². The number of aryl methyl sites for hydroxylation is 2. The molecule has 1 unspecified atom stereocenters. The van der Waals surface area contributed by atoms with Gasteiger partial charge in [0, 0.05) is 24.5 Å². The second-order valence-electron chi connectivity index (χ2n) is 5.41. The van der Waals surface area contributed by atoms with E-state index in [1.165, 1.54) is 24.1 Å². The van der Waals surface area contributed by atoms with E-state index in [1.807, 2.05) is 11.8 Å². The highest BCUT2D eigenvalue weighted by Gasteiger charge is 2.21. The SMILES string of the molecule is CCC(CSC)N(C)c1nc2c(cc1C#N)CCCC2. The third-order valence-corrected chi connectivity index (χ3v) is 4.83. The highest BCUT2D eigenvalue weighted by molar-refractivity contribution is 7.98. The van der Waals surface area contributed by atoms with Gasteiger partial charge in [0.15, 0.2) is 0 Å². The lowest BCUT2D eigenvalue weighted by molar-refractivity contribution is 0.645. The number of thioether (sulfide) groups is 1. The third kappa shape index (κ3) is 3.09. The fourth-order valence-electron chi connectivity index (χ4n) is 2.84. The highest BCUT2D eigenvalue weighted by atomic mass is 32.2. The molecular formula is C16H23N3S. The van der Waals surface area contributed by atoms with Gasteiger partial charge in [-0.25, -0.2) is 4.98 Å². The van der Waals surface area contributed by atoms with Gasteiger partial charge in [-0.3, -0.25) is 0 Å². The van der Waals surface area contributed by atoms with Gasteiger partial charge in [0.1, 0.15) is 11.9 Å². The van der Waals surface area contributed by atoms with Crippen molar-refractivity contribution >= 4 is 17.6 Å². The van der Waals surface area contributed by atoms with E-state index in [1.54, 1.807) is 0 Å². The summed E-state index contributed by atoms with van der Waals surface area (Å²) in [4.78, 5) is 7.03. The number of pyridine rings is 1. The molecule has 2 rings (SSSR count). The fourth-order valence-corrected chi connectivity index (χ4v) is 3.69. The molecule has 1 aliphatic carbocycles. The maximum Gasteiger partial charge on any atom is 0.146 e. The fraction of sp³-hybridized carbons (Fsp3) is 0.625. The van der Waals surface area contributed by atoms with Crippen molar-refractivity contribution in [2.45, 2.75) is 45.1 Å². The Bertz CT molecular complexity index is 507. The lowest BCUT2D eigenvalue weighted by atomic mass is 9.94. The van der Waals surface area contributed by atoms with Gasteiger partial charge in [-0.2, -0.15) is 17.0 Å². The van der Waals surface area contributed by atoms with E-state index < -0.39 is 0 Å². The van der Waals surface area contributed by atoms with Crippen molar-refractivity contribution in [3.05, 3.63) is 22.9 Å². The lowest BCUT2D eigenvalue weighted by Gasteiger charge is -2.29. The van der Waals surface area contributed by atoms with Crippen LogP contribution in [0.1, 0.15) is 43.0 Å². The van der Waals surface area contributed by atoms with Crippen molar-refractivity contribution in [3.8, 4) is 6.07 Å². The van der Waals surface area contributed by atoms with Crippen LogP contribution in [0.25, 0.3) is 0 Å². The molecular weight excluding hydrogens is 266 g/mol. The number of nitriles is 1. The minimum absolute atomic E-state index is 0.436. The molecule has 1 heterocycles. The van der Waals surface area contributed by atoms with Crippen LogP contribution in [0.15, 0.2) is 6.07 Å². The van der Waals surface area contributed by atoms with Gasteiger partial charge in [0.25, 0.3) is 0 Å². The summed E-state index contributed by atoms with van der Waals surface area (Å²) in [6, 6.07) is 4.84. The predicted octanol–water partition coefficient (Wildman–Crippen LogP) is 3.41. The highest BCUT2D eigenvalue weighted by Crippen LogP contribution is 2.27. The van der Waals surface area contributed by atoms with Crippen LogP contribution < -0.4 is 4.90 Å². The van der Waals surface area contributed by atoms with Crippen molar-refractivity contribution < 1.29 is 0 Å². The van der Waals surface area contributed by atoms with Crippen molar-refractivity contribution in [2.24, 2.45) is 0 Å². The molecule has 4 heteroatoms. The molecule has 0 fully saturated rings. The molecule has 0 saturated heterocycles. The van der Waals surface area contributed by atoms with Crippen LogP contribution in [-0.4, -0.2) is 30.1 Å². The van der Waals surface area contributed by atoms with Crippen LogP contribution in [0.3, 0.4) is 0 Å². The molecule has 0 aromatic carbocycles. The largest absolute Gasteiger partial charge is 0.355 e. The smallest absolute Gasteiger partial charge is 0.146 e. The summed E-state index contributed by atoms with van der Waals surface area (Å²) in [5.74, 6) is 1.94. The first kappa shape index (κ1) is 15.2. The van der Waals surface area contributed by atoms with E-state index in [9.17, 15) is 5.26 Å². The van der Waals surface area contributed by atoms with Gasteiger partial charge < -0.3 is 4.90 Å². The zero-order chi connectivity index (χ0) is 14.5. The summed E-state index contributed by atoms with van der Waals surface area (Å²) in [6.45, 7) is 2.20. The number of hydrogen-bond donors (Lipinski definition) is 0. The lowest BCUT2D eigenvalue weighted by Crippen LogP contribution is -2.34. The molecule has 0 saturated carbocycles. The summed E-state index contributed by atoms with van der Waals surface area (Å²) in [7, 11) is 2.07. The molecule has 0 radical (unpaired) electrons. The summed E-state index contributed by atoms with van der Waals surface area (Å²) in [5, 5.41) is 9.43. The van der Waals surface area contributed by atoms with Crippen molar-refractivity contribution in [1.82, 2.24) is 4.98 Å². The first-order valence-electron chi connectivity index (χ1n) is 7.35. The Hall–Kier alpha value is -1.21. The Kier molecular flexibility index (Phi) is 5.31. The Balaban J connectivity index is 2.37. The van der Waals surface area contributed by atoms with E-state index in [0.717, 1.165) is 36.4 Å². The number of nitrogens with zero attached hydrogens (tertiary/aromatic N) is 3. The molecule has 1 aromatic rings. The van der Waals surface area contributed by atoms with Crippen LogP contribution in [-0.2, 0) is 12.8 Å².